The third-order valence-electron chi connectivity index (χ3n) is 8.81. The number of hydrogen-bond donors (Lipinski definition) is 1. The summed E-state index contributed by atoms with van der Waals surface area (Å²) in [5, 5.41) is 18.6. The lowest BCUT2D eigenvalue weighted by atomic mass is 10.1. The molecular formula is C33H30FN7O3. The molecule has 5 aromatic rings. The number of nitriles is 1. The average molecular weight is 592 g/mol. The smallest absolute Gasteiger partial charge is 0.335 e. The Kier molecular flexibility index (Phi) is 7.06. The second-order valence-corrected chi connectivity index (χ2v) is 11.4. The molecule has 2 aliphatic rings. The fourth-order valence-electron chi connectivity index (χ4n) is 6.49. The maximum absolute atomic E-state index is 14.3. The van der Waals surface area contributed by atoms with Crippen LogP contribution in [0.2, 0.25) is 0 Å². The molecule has 3 aromatic heterocycles. The lowest BCUT2D eigenvalue weighted by Crippen LogP contribution is -2.26. The molecule has 1 saturated heterocycles. The molecule has 7 rings (SSSR count). The first-order valence-corrected chi connectivity index (χ1v) is 14.6. The summed E-state index contributed by atoms with van der Waals surface area (Å²) < 4.78 is 24.3. The van der Waals surface area contributed by atoms with E-state index in [1.165, 1.54) is 6.07 Å². The molecule has 11 heteroatoms. The number of likely N-dealkylation sites (tertiary alicyclic amines) is 1. The molecule has 1 saturated carbocycles. The highest BCUT2D eigenvalue weighted by molar-refractivity contribution is 5.92. The van der Waals surface area contributed by atoms with Crippen molar-refractivity contribution < 1.29 is 19.0 Å². The average Bonchev–Trinajstić information content (AvgIpc) is 3.35. The van der Waals surface area contributed by atoms with Crippen molar-refractivity contribution in [2.75, 3.05) is 13.1 Å². The number of imidazole rings is 2. The van der Waals surface area contributed by atoms with Crippen molar-refractivity contribution in [1.82, 2.24) is 29.0 Å². The van der Waals surface area contributed by atoms with Gasteiger partial charge in [-0.1, -0.05) is 12.1 Å². The summed E-state index contributed by atoms with van der Waals surface area (Å²) in [4.78, 5) is 28.1. The summed E-state index contributed by atoms with van der Waals surface area (Å²) in [6.45, 7) is 5.93. The largest absolute Gasteiger partial charge is 0.478 e. The van der Waals surface area contributed by atoms with Gasteiger partial charge in [0.15, 0.2) is 0 Å². The maximum Gasteiger partial charge on any atom is 0.335 e. The number of aryl methyl sites for hydroxylation is 1. The Morgan fingerprint density at radius 1 is 1.11 bits per heavy atom. The van der Waals surface area contributed by atoms with Crippen LogP contribution in [0.1, 0.15) is 51.5 Å². The van der Waals surface area contributed by atoms with Crippen LogP contribution in [-0.2, 0) is 26.2 Å². The zero-order valence-electron chi connectivity index (χ0n) is 24.1. The normalized spacial score (nSPS) is 19.2. The van der Waals surface area contributed by atoms with Crippen LogP contribution in [-0.4, -0.2) is 53.2 Å². The van der Waals surface area contributed by atoms with Gasteiger partial charge in [-0.25, -0.2) is 24.1 Å². The van der Waals surface area contributed by atoms with Gasteiger partial charge in [-0.2, -0.15) is 5.26 Å². The van der Waals surface area contributed by atoms with E-state index in [0.717, 1.165) is 47.9 Å². The molecule has 44 heavy (non-hydrogen) atoms. The highest BCUT2D eigenvalue weighted by Gasteiger charge is 2.57. The number of carboxylic acids is 1. The quantitative estimate of drug-likeness (QED) is 0.245. The molecule has 1 aliphatic carbocycles. The lowest BCUT2D eigenvalue weighted by Gasteiger charge is -2.20. The third-order valence-corrected chi connectivity index (χ3v) is 8.81. The molecule has 0 unspecified atom stereocenters. The van der Waals surface area contributed by atoms with Gasteiger partial charge in [-0.15, -0.1) is 0 Å². The summed E-state index contributed by atoms with van der Waals surface area (Å²) in [5.74, 6) is 1.22. The van der Waals surface area contributed by atoms with Crippen LogP contribution in [0.4, 0.5) is 4.39 Å². The van der Waals surface area contributed by atoms with Gasteiger partial charge in [0.25, 0.3) is 0 Å². The van der Waals surface area contributed by atoms with Crippen LogP contribution in [0.25, 0.3) is 11.0 Å². The zero-order chi connectivity index (χ0) is 30.4. The minimum Gasteiger partial charge on any atom is -0.478 e. The van der Waals surface area contributed by atoms with Gasteiger partial charge in [-0.05, 0) is 55.2 Å². The van der Waals surface area contributed by atoms with Crippen LogP contribution >= 0.6 is 0 Å². The van der Waals surface area contributed by atoms with Crippen LogP contribution in [0.3, 0.4) is 0 Å². The van der Waals surface area contributed by atoms with E-state index in [4.69, 9.17) is 20.0 Å². The highest BCUT2D eigenvalue weighted by Crippen LogP contribution is 2.58. The van der Waals surface area contributed by atoms with Gasteiger partial charge in [-0.3, -0.25) is 4.90 Å². The van der Waals surface area contributed by atoms with Crippen molar-refractivity contribution in [2.24, 2.45) is 11.8 Å². The number of halogens is 1. The summed E-state index contributed by atoms with van der Waals surface area (Å²) in [5.41, 5.74) is 4.48. The summed E-state index contributed by atoms with van der Waals surface area (Å²) in [6.07, 6.45) is 3.66. The molecule has 3 atom stereocenters. The van der Waals surface area contributed by atoms with Crippen molar-refractivity contribution in [3.63, 3.8) is 0 Å². The van der Waals surface area contributed by atoms with Crippen LogP contribution in [0, 0.1) is 29.0 Å². The van der Waals surface area contributed by atoms with Gasteiger partial charge >= 0.3 is 5.97 Å². The van der Waals surface area contributed by atoms with Gasteiger partial charge in [0.2, 0.25) is 5.88 Å². The Hall–Kier alpha value is -5.08. The minimum absolute atomic E-state index is 0.0350. The monoisotopic (exact) mass is 591 g/mol. The first-order chi connectivity index (χ1) is 21.4. The molecular weight excluding hydrogens is 561 g/mol. The van der Waals surface area contributed by atoms with Crippen molar-refractivity contribution in [3.05, 3.63) is 107 Å². The number of carbonyl (C=O) groups is 1. The number of fused-ring (bicyclic) bond motifs is 2. The molecule has 1 N–H and O–H groups in total. The van der Waals surface area contributed by atoms with Crippen molar-refractivity contribution >= 4 is 17.0 Å². The number of nitrogens with zero attached hydrogens (tertiary/aromatic N) is 7. The predicted molar refractivity (Wildman–Crippen MR) is 158 cm³/mol. The summed E-state index contributed by atoms with van der Waals surface area (Å²) >= 11 is 0. The Bertz CT molecular complexity index is 1910. The van der Waals surface area contributed by atoms with E-state index >= 15 is 0 Å². The van der Waals surface area contributed by atoms with E-state index in [-0.39, 0.29) is 17.7 Å². The molecule has 10 nitrogen and oxygen atoms in total. The number of rotatable bonds is 10. The van der Waals surface area contributed by atoms with E-state index in [9.17, 15) is 14.3 Å². The van der Waals surface area contributed by atoms with Crippen molar-refractivity contribution in [3.8, 4) is 11.9 Å². The van der Waals surface area contributed by atoms with E-state index < -0.39 is 11.8 Å². The summed E-state index contributed by atoms with van der Waals surface area (Å²) in [7, 11) is 0. The molecule has 0 bridgehead atoms. The molecule has 222 valence electrons. The lowest BCUT2D eigenvalue weighted by molar-refractivity contribution is 0.0697. The predicted octanol–water partition coefficient (Wildman–Crippen LogP) is 4.83. The second kappa shape index (κ2) is 11.2. The van der Waals surface area contributed by atoms with E-state index in [1.54, 1.807) is 36.4 Å². The van der Waals surface area contributed by atoms with E-state index in [2.05, 4.69) is 25.9 Å². The number of aromatic carboxylic acids is 1. The first-order valence-electron chi connectivity index (χ1n) is 14.6. The molecule has 1 aliphatic heterocycles. The highest BCUT2D eigenvalue weighted by atomic mass is 19.1. The number of ether oxygens (including phenoxy) is 1. The van der Waals surface area contributed by atoms with Crippen LogP contribution in [0.15, 0.2) is 67.1 Å². The van der Waals surface area contributed by atoms with Gasteiger partial charge in [0.1, 0.15) is 18.2 Å². The van der Waals surface area contributed by atoms with Crippen molar-refractivity contribution in [1.29, 1.82) is 5.26 Å². The second-order valence-electron chi connectivity index (χ2n) is 11.4. The van der Waals surface area contributed by atoms with E-state index in [1.807, 2.05) is 30.7 Å². The Morgan fingerprint density at radius 2 is 1.95 bits per heavy atom. The Labute approximate surface area is 253 Å². The standard InChI is InChI=1S/C33H30FN7O3/c1-2-40-19-36-13-23(40)14-41-29-11-21(33(42)43)8-9-27(29)37-30(41)17-39-15-24-25(16-39)32(24)28-4-3-5-31(38-28)44-18-22-7-6-20(12-35)10-26(22)34/h3-11,13,19,24-25,32H,2,14-18H2,1H3,(H,42,43)/t24-,25+,32-. The number of pyridine rings is 1. The van der Waals surface area contributed by atoms with Crippen LogP contribution < -0.4 is 4.74 Å². The fourth-order valence-corrected chi connectivity index (χ4v) is 6.49. The number of carboxylic acid groups (broad SMARTS) is 1. The number of benzene rings is 2. The van der Waals surface area contributed by atoms with Gasteiger partial charge in [0.05, 0.1) is 53.3 Å². The Morgan fingerprint density at radius 3 is 2.70 bits per heavy atom. The molecule has 0 amide bonds. The maximum atomic E-state index is 14.3. The van der Waals surface area contributed by atoms with Gasteiger partial charge in [0, 0.05) is 49.1 Å². The zero-order valence-corrected chi connectivity index (χ0v) is 24.1. The molecule has 4 heterocycles. The Balaban J connectivity index is 1.04. The molecule has 2 fully saturated rings. The first kappa shape index (κ1) is 27.7. The molecule has 0 radical (unpaired) electrons. The number of hydrogen-bond acceptors (Lipinski definition) is 7. The molecule has 0 spiro atoms. The molecule has 2 aromatic carbocycles. The SMILES string of the molecule is CCn1cncc1Cn1c(CN2C[C@@H]3[C@H](C2)[C@@H]3c2cccc(OCc3ccc(C#N)cc3F)n2)nc2ccc(C(=O)O)cc21. The third kappa shape index (κ3) is 5.18. The topological polar surface area (TPSA) is 122 Å². The van der Waals surface area contributed by atoms with Crippen LogP contribution in [0.5, 0.6) is 5.88 Å². The number of aromatic nitrogens is 5. The minimum atomic E-state index is -0.963. The summed E-state index contributed by atoms with van der Waals surface area (Å²) in [6, 6.07) is 17.1. The van der Waals surface area contributed by atoms with Crippen molar-refractivity contribution in [2.45, 2.75) is 39.1 Å². The van der Waals surface area contributed by atoms with E-state index in [0.29, 0.717) is 42.3 Å². The fraction of sp³-hybridized carbons (Fsp3) is 0.303. The van der Waals surface area contributed by atoms with Gasteiger partial charge < -0.3 is 19.0 Å². The number of piperidine rings is 1.